The van der Waals surface area contributed by atoms with E-state index in [9.17, 15) is 4.79 Å². The number of hydrogen-bond donors (Lipinski definition) is 1. The summed E-state index contributed by atoms with van der Waals surface area (Å²) in [6.07, 6.45) is 3.04. The second-order valence-corrected chi connectivity index (χ2v) is 8.56. The van der Waals surface area contributed by atoms with Crippen LogP contribution in [0.15, 0.2) is 60.8 Å². The number of benzene rings is 2. The second-order valence-electron chi connectivity index (χ2n) is 7.72. The van der Waals surface area contributed by atoms with E-state index in [4.69, 9.17) is 27.9 Å². The van der Waals surface area contributed by atoms with E-state index in [0.29, 0.717) is 22.3 Å². The zero-order chi connectivity index (χ0) is 21.8. The predicted molar refractivity (Wildman–Crippen MR) is 124 cm³/mol. The van der Waals surface area contributed by atoms with Crippen LogP contribution < -0.4 is 10.1 Å². The number of nitrogens with one attached hydrogen (secondary N) is 1. The largest absolute Gasteiger partial charge is 0.482 e. The number of ether oxygens (including phenoxy) is 1. The molecule has 0 saturated carbocycles. The molecule has 0 bridgehead atoms. The lowest BCUT2D eigenvalue weighted by Gasteiger charge is -2.36. The van der Waals surface area contributed by atoms with Gasteiger partial charge in [0, 0.05) is 43.6 Å². The fourth-order valence-electron chi connectivity index (χ4n) is 4.02. The van der Waals surface area contributed by atoms with Gasteiger partial charge in [-0.25, -0.2) is 0 Å². The first kappa shape index (κ1) is 21.8. The molecule has 0 spiro atoms. The van der Waals surface area contributed by atoms with Crippen LogP contribution in [-0.4, -0.2) is 35.1 Å². The van der Waals surface area contributed by atoms with Gasteiger partial charge in [0.2, 0.25) is 0 Å². The summed E-state index contributed by atoms with van der Waals surface area (Å²) < 4.78 is 7.68. The summed E-state index contributed by atoms with van der Waals surface area (Å²) in [5.41, 5.74) is 3.92. The number of hydrogen-bond acceptors (Lipinski definition) is 3. The van der Waals surface area contributed by atoms with Crippen molar-refractivity contribution in [1.82, 2.24) is 14.8 Å². The van der Waals surface area contributed by atoms with E-state index in [0.717, 1.165) is 19.5 Å². The molecule has 0 aliphatic carbocycles. The minimum atomic E-state index is -0.192. The summed E-state index contributed by atoms with van der Waals surface area (Å²) in [5.74, 6) is 0.246. The number of aryl methyl sites for hydroxylation is 1. The molecule has 1 aliphatic heterocycles. The lowest BCUT2D eigenvalue weighted by Crippen LogP contribution is -2.42. The molecular weight excluding hydrogens is 433 g/mol. The standard InChI is InChI=1S/C24H25Cl2N3O2/c1-28-11-4-7-21(28)22(29-12-10-17-5-2-3-6-18(17)15-29)14-27-24(30)16-31-23-9-8-19(25)13-20(23)26/h2-9,11,13,22H,10,12,14-16H2,1H3,(H,27,30)/t22-/m1/s1. The predicted octanol–water partition coefficient (Wildman–Crippen LogP) is 4.63. The SMILES string of the molecule is Cn1cccc1[C@@H](CNC(=O)COc1ccc(Cl)cc1Cl)N1CCc2ccccc2C1. The van der Waals surface area contributed by atoms with Gasteiger partial charge >= 0.3 is 0 Å². The van der Waals surface area contributed by atoms with Crippen LogP contribution in [0.4, 0.5) is 0 Å². The highest BCUT2D eigenvalue weighted by Crippen LogP contribution is 2.29. The summed E-state index contributed by atoms with van der Waals surface area (Å²) in [4.78, 5) is 14.9. The van der Waals surface area contributed by atoms with Gasteiger partial charge in [0.15, 0.2) is 6.61 Å². The Morgan fingerprint density at radius 2 is 1.94 bits per heavy atom. The van der Waals surface area contributed by atoms with Gasteiger partial charge in [-0.3, -0.25) is 9.69 Å². The Balaban J connectivity index is 1.41. The minimum absolute atomic E-state index is 0.0661. The Morgan fingerprint density at radius 3 is 2.68 bits per heavy atom. The van der Waals surface area contributed by atoms with E-state index >= 15 is 0 Å². The average Bonchev–Trinajstić information content (AvgIpc) is 3.19. The number of fused-ring (bicyclic) bond motifs is 1. The molecule has 1 N–H and O–H groups in total. The topological polar surface area (TPSA) is 46.5 Å². The molecule has 7 heteroatoms. The maximum atomic E-state index is 12.5. The third kappa shape index (κ3) is 5.24. The smallest absolute Gasteiger partial charge is 0.258 e. The third-order valence-electron chi connectivity index (χ3n) is 5.67. The van der Waals surface area contributed by atoms with Crippen molar-refractivity contribution in [1.29, 1.82) is 0 Å². The summed E-state index contributed by atoms with van der Waals surface area (Å²) in [5, 5.41) is 3.94. The van der Waals surface area contributed by atoms with E-state index < -0.39 is 0 Å². The van der Waals surface area contributed by atoms with Gasteiger partial charge in [-0.2, -0.15) is 0 Å². The van der Waals surface area contributed by atoms with Gasteiger partial charge in [-0.05, 0) is 47.9 Å². The fraction of sp³-hybridized carbons (Fsp3) is 0.292. The van der Waals surface area contributed by atoms with Crippen molar-refractivity contribution < 1.29 is 9.53 Å². The normalized spacial score (nSPS) is 14.7. The zero-order valence-electron chi connectivity index (χ0n) is 17.4. The maximum Gasteiger partial charge on any atom is 0.258 e. The van der Waals surface area contributed by atoms with Crippen LogP contribution in [0.5, 0.6) is 5.75 Å². The molecule has 2 aromatic carbocycles. The van der Waals surface area contributed by atoms with E-state index in [1.807, 2.05) is 19.3 Å². The van der Waals surface area contributed by atoms with Crippen molar-refractivity contribution >= 4 is 29.1 Å². The van der Waals surface area contributed by atoms with Crippen LogP contribution in [0.3, 0.4) is 0 Å². The van der Waals surface area contributed by atoms with Gasteiger partial charge < -0.3 is 14.6 Å². The third-order valence-corrected chi connectivity index (χ3v) is 6.20. The molecule has 1 aromatic heterocycles. The molecule has 2 heterocycles. The number of carbonyl (C=O) groups is 1. The Labute approximate surface area is 192 Å². The number of nitrogens with zero attached hydrogens (tertiary/aromatic N) is 2. The lowest BCUT2D eigenvalue weighted by atomic mass is 9.98. The molecule has 0 radical (unpaired) electrons. The second kappa shape index (κ2) is 9.77. The van der Waals surface area contributed by atoms with Gasteiger partial charge in [-0.1, -0.05) is 47.5 Å². The number of rotatable bonds is 7. The molecule has 162 valence electrons. The van der Waals surface area contributed by atoms with Crippen LogP contribution >= 0.6 is 23.2 Å². The number of carbonyl (C=O) groups excluding carboxylic acids is 1. The van der Waals surface area contributed by atoms with E-state index in [1.54, 1.807) is 18.2 Å². The first-order valence-electron chi connectivity index (χ1n) is 10.3. The van der Waals surface area contributed by atoms with E-state index in [2.05, 4.69) is 45.1 Å². The highest BCUT2D eigenvalue weighted by molar-refractivity contribution is 6.35. The molecule has 0 unspecified atom stereocenters. The highest BCUT2D eigenvalue weighted by atomic mass is 35.5. The fourth-order valence-corrected chi connectivity index (χ4v) is 4.48. The Kier molecular flexibility index (Phi) is 6.86. The Morgan fingerprint density at radius 1 is 1.13 bits per heavy atom. The lowest BCUT2D eigenvalue weighted by molar-refractivity contribution is -0.123. The molecule has 31 heavy (non-hydrogen) atoms. The van der Waals surface area contributed by atoms with Crippen molar-refractivity contribution in [2.45, 2.75) is 19.0 Å². The van der Waals surface area contributed by atoms with Crippen LogP contribution in [0.25, 0.3) is 0 Å². The maximum absolute atomic E-state index is 12.5. The molecule has 0 fully saturated rings. The summed E-state index contributed by atoms with van der Waals surface area (Å²) >= 11 is 12.0. The van der Waals surface area contributed by atoms with Crippen molar-refractivity contribution in [3.63, 3.8) is 0 Å². The van der Waals surface area contributed by atoms with Gasteiger partial charge in [0.05, 0.1) is 11.1 Å². The first-order valence-corrected chi connectivity index (χ1v) is 11.0. The minimum Gasteiger partial charge on any atom is -0.482 e. The van der Waals surface area contributed by atoms with Gasteiger partial charge in [-0.15, -0.1) is 0 Å². The highest BCUT2D eigenvalue weighted by Gasteiger charge is 2.26. The van der Waals surface area contributed by atoms with Gasteiger partial charge in [0.1, 0.15) is 5.75 Å². The van der Waals surface area contributed by atoms with E-state index in [-0.39, 0.29) is 18.6 Å². The monoisotopic (exact) mass is 457 g/mol. The first-order chi connectivity index (χ1) is 15.0. The average molecular weight is 458 g/mol. The van der Waals surface area contributed by atoms with Crippen molar-refractivity contribution in [2.24, 2.45) is 7.05 Å². The zero-order valence-corrected chi connectivity index (χ0v) is 18.9. The summed E-state index contributed by atoms with van der Waals surface area (Å²) in [7, 11) is 2.04. The number of halogens is 2. The van der Waals surface area contributed by atoms with Crippen LogP contribution in [0.2, 0.25) is 10.0 Å². The van der Waals surface area contributed by atoms with Crippen molar-refractivity contribution in [2.75, 3.05) is 19.7 Å². The number of amides is 1. The molecule has 3 aromatic rings. The molecule has 4 rings (SSSR count). The molecule has 0 saturated heterocycles. The van der Waals surface area contributed by atoms with Crippen LogP contribution in [0.1, 0.15) is 22.9 Å². The van der Waals surface area contributed by atoms with Crippen molar-refractivity contribution in [3.8, 4) is 5.75 Å². The Bertz CT molecular complexity index is 1070. The molecule has 1 aliphatic rings. The van der Waals surface area contributed by atoms with Gasteiger partial charge in [0.25, 0.3) is 5.91 Å². The van der Waals surface area contributed by atoms with Crippen LogP contribution in [0, 0.1) is 0 Å². The quantitative estimate of drug-likeness (QED) is 0.562. The van der Waals surface area contributed by atoms with E-state index in [1.165, 1.54) is 16.8 Å². The van der Waals surface area contributed by atoms with Crippen LogP contribution in [-0.2, 0) is 24.8 Å². The molecular formula is C24H25Cl2N3O2. The molecule has 1 amide bonds. The summed E-state index contributed by atoms with van der Waals surface area (Å²) in [6, 6.07) is 17.7. The number of aromatic nitrogens is 1. The summed E-state index contributed by atoms with van der Waals surface area (Å²) in [6.45, 7) is 2.19. The van der Waals surface area contributed by atoms with Crippen molar-refractivity contribution in [3.05, 3.63) is 87.7 Å². The Hall–Kier alpha value is -2.47. The molecule has 1 atom stereocenters. The molecule has 5 nitrogen and oxygen atoms in total.